The number of rotatable bonds is 6. The van der Waals surface area contributed by atoms with Gasteiger partial charge in [0, 0.05) is 24.7 Å². The minimum absolute atomic E-state index is 0.00653. The molecule has 0 radical (unpaired) electrons. The van der Waals surface area contributed by atoms with Crippen LogP contribution in [0, 0.1) is 5.92 Å². The maximum absolute atomic E-state index is 12.5. The number of benzene rings is 2. The number of piperidine rings is 1. The summed E-state index contributed by atoms with van der Waals surface area (Å²) in [4.78, 5) is 38.0. The van der Waals surface area contributed by atoms with Gasteiger partial charge in [0.25, 0.3) is 5.91 Å². The normalized spacial score (nSPS) is 14.2. The zero-order valence-corrected chi connectivity index (χ0v) is 16.3. The number of hydrogen-bond donors (Lipinski definition) is 1. The highest BCUT2D eigenvalue weighted by Crippen LogP contribution is 2.20. The summed E-state index contributed by atoms with van der Waals surface area (Å²) in [7, 11) is 1.32. The first-order valence-corrected chi connectivity index (χ1v) is 9.51. The molecule has 0 bridgehead atoms. The van der Waals surface area contributed by atoms with E-state index in [1.54, 1.807) is 29.2 Å². The Balaban J connectivity index is 1.44. The molecule has 1 aliphatic rings. The van der Waals surface area contributed by atoms with E-state index in [0.717, 1.165) is 0 Å². The van der Waals surface area contributed by atoms with Crippen molar-refractivity contribution in [2.45, 2.75) is 12.8 Å². The predicted octanol–water partition coefficient (Wildman–Crippen LogP) is 2.73. The van der Waals surface area contributed by atoms with Gasteiger partial charge in [0.15, 0.2) is 6.61 Å². The highest BCUT2D eigenvalue weighted by Gasteiger charge is 2.27. The van der Waals surface area contributed by atoms with Crippen LogP contribution in [0.1, 0.15) is 23.2 Å². The summed E-state index contributed by atoms with van der Waals surface area (Å²) < 4.78 is 10.2. The second-order valence-electron chi connectivity index (χ2n) is 6.81. The van der Waals surface area contributed by atoms with E-state index >= 15 is 0 Å². The average Bonchev–Trinajstić information content (AvgIpc) is 2.78. The third-order valence-corrected chi connectivity index (χ3v) is 4.90. The second-order valence-corrected chi connectivity index (χ2v) is 6.81. The van der Waals surface area contributed by atoms with Gasteiger partial charge in [-0.3, -0.25) is 9.59 Å². The van der Waals surface area contributed by atoms with Crippen molar-refractivity contribution in [2.24, 2.45) is 5.92 Å². The quantitative estimate of drug-likeness (QED) is 0.759. The Morgan fingerprint density at radius 1 is 1.00 bits per heavy atom. The van der Waals surface area contributed by atoms with Gasteiger partial charge in [-0.1, -0.05) is 18.2 Å². The van der Waals surface area contributed by atoms with Gasteiger partial charge in [-0.05, 0) is 49.2 Å². The maximum atomic E-state index is 12.5. The lowest BCUT2D eigenvalue weighted by Gasteiger charge is -2.31. The molecular formula is C22H24N2O5. The Morgan fingerprint density at radius 3 is 2.28 bits per heavy atom. The van der Waals surface area contributed by atoms with Crippen LogP contribution >= 0.6 is 0 Å². The highest BCUT2D eigenvalue weighted by molar-refractivity contribution is 5.94. The molecule has 0 atom stereocenters. The number of amides is 2. The van der Waals surface area contributed by atoms with E-state index in [1.165, 1.54) is 7.11 Å². The fourth-order valence-corrected chi connectivity index (χ4v) is 3.20. The first kappa shape index (κ1) is 20.4. The number of likely N-dealkylation sites (tertiary alicyclic amines) is 1. The summed E-state index contributed by atoms with van der Waals surface area (Å²) in [6.07, 6.45) is 1.20. The summed E-state index contributed by atoms with van der Waals surface area (Å²) in [6, 6.07) is 15.8. The van der Waals surface area contributed by atoms with E-state index in [0.29, 0.717) is 42.9 Å². The van der Waals surface area contributed by atoms with Gasteiger partial charge >= 0.3 is 5.97 Å². The zero-order valence-electron chi connectivity index (χ0n) is 16.3. The van der Waals surface area contributed by atoms with Crippen LogP contribution in [0.4, 0.5) is 5.69 Å². The molecule has 2 amide bonds. The van der Waals surface area contributed by atoms with Crippen LogP contribution in [0.2, 0.25) is 0 Å². The lowest BCUT2D eigenvalue weighted by Crippen LogP contribution is -2.43. The number of esters is 1. The summed E-state index contributed by atoms with van der Waals surface area (Å²) >= 11 is 0. The van der Waals surface area contributed by atoms with Gasteiger partial charge < -0.3 is 19.7 Å². The largest absolute Gasteiger partial charge is 0.484 e. The van der Waals surface area contributed by atoms with Crippen molar-refractivity contribution in [1.82, 2.24) is 4.90 Å². The Bertz CT molecular complexity index is 843. The number of nitrogens with zero attached hydrogens (tertiary/aromatic N) is 1. The van der Waals surface area contributed by atoms with E-state index in [9.17, 15) is 14.4 Å². The summed E-state index contributed by atoms with van der Waals surface area (Å²) in [5.41, 5.74) is 1.05. The Labute approximate surface area is 169 Å². The predicted molar refractivity (Wildman–Crippen MR) is 108 cm³/mol. The van der Waals surface area contributed by atoms with Crippen molar-refractivity contribution >= 4 is 23.5 Å². The van der Waals surface area contributed by atoms with Gasteiger partial charge in [0.05, 0.1) is 12.7 Å². The number of hydrogen-bond acceptors (Lipinski definition) is 5. The number of carbonyl (C=O) groups is 3. The smallest absolute Gasteiger partial charge is 0.337 e. The van der Waals surface area contributed by atoms with Crippen LogP contribution in [0.3, 0.4) is 0 Å². The summed E-state index contributed by atoms with van der Waals surface area (Å²) in [6.45, 7) is 1.04. The standard InChI is InChI=1S/C22H24N2O5/c1-28-22(27)17-7-9-18(10-8-17)23-21(26)16-11-13-24(14-12-16)20(25)15-29-19-5-3-2-4-6-19/h2-10,16H,11-15H2,1H3,(H,23,26). The van der Waals surface area contributed by atoms with Crippen LogP contribution < -0.4 is 10.1 Å². The molecule has 0 unspecified atom stereocenters. The van der Waals surface area contributed by atoms with Crippen LogP contribution in [0.15, 0.2) is 54.6 Å². The van der Waals surface area contributed by atoms with Crippen LogP contribution in [0.5, 0.6) is 5.75 Å². The number of methoxy groups -OCH3 is 1. The van der Waals surface area contributed by atoms with Gasteiger partial charge in [0.1, 0.15) is 5.75 Å². The van der Waals surface area contributed by atoms with Crippen LogP contribution in [0.25, 0.3) is 0 Å². The van der Waals surface area contributed by atoms with E-state index in [4.69, 9.17) is 4.74 Å². The molecule has 2 aromatic carbocycles. The molecule has 1 saturated heterocycles. The fourth-order valence-electron chi connectivity index (χ4n) is 3.20. The maximum Gasteiger partial charge on any atom is 0.337 e. The second kappa shape index (κ2) is 9.73. The molecule has 7 nitrogen and oxygen atoms in total. The molecule has 0 aliphatic carbocycles. The van der Waals surface area contributed by atoms with Crippen LogP contribution in [-0.2, 0) is 14.3 Å². The molecule has 3 rings (SSSR count). The lowest BCUT2D eigenvalue weighted by molar-refractivity contribution is -0.136. The third-order valence-electron chi connectivity index (χ3n) is 4.90. The topological polar surface area (TPSA) is 84.9 Å². The van der Waals surface area contributed by atoms with Gasteiger partial charge in [-0.2, -0.15) is 0 Å². The summed E-state index contributed by atoms with van der Waals surface area (Å²) in [5, 5.41) is 2.87. The van der Waals surface area contributed by atoms with Crippen molar-refractivity contribution < 1.29 is 23.9 Å². The molecule has 0 aromatic heterocycles. The molecule has 0 spiro atoms. The minimum Gasteiger partial charge on any atom is -0.484 e. The first-order valence-electron chi connectivity index (χ1n) is 9.51. The fraction of sp³-hybridized carbons (Fsp3) is 0.318. The molecule has 0 saturated carbocycles. The Hall–Kier alpha value is -3.35. The Morgan fingerprint density at radius 2 is 1.66 bits per heavy atom. The SMILES string of the molecule is COC(=O)c1ccc(NC(=O)C2CCN(C(=O)COc3ccccc3)CC2)cc1. The van der Waals surface area contributed by atoms with Gasteiger partial charge in [0.2, 0.25) is 5.91 Å². The molecule has 2 aromatic rings. The molecule has 1 heterocycles. The summed E-state index contributed by atoms with van der Waals surface area (Å²) in [5.74, 6) is -0.0755. The number of nitrogens with one attached hydrogen (secondary N) is 1. The van der Waals surface area contributed by atoms with E-state index in [2.05, 4.69) is 10.1 Å². The van der Waals surface area contributed by atoms with Crippen molar-refractivity contribution in [2.75, 3.05) is 32.1 Å². The third kappa shape index (κ3) is 5.57. The van der Waals surface area contributed by atoms with Crippen molar-refractivity contribution in [3.8, 4) is 5.75 Å². The highest BCUT2D eigenvalue weighted by atomic mass is 16.5. The Kier molecular flexibility index (Phi) is 6.84. The minimum atomic E-state index is -0.420. The van der Waals surface area contributed by atoms with E-state index < -0.39 is 5.97 Å². The number of ether oxygens (including phenoxy) is 2. The van der Waals surface area contributed by atoms with Crippen LogP contribution in [-0.4, -0.2) is 49.5 Å². The van der Waals surface area contributed by atoms with Crippen molar-refractivity contribution in [3.05, 3.63) is 60.2 Å². The van der Waals surface area contributed by atoms with E-state index in [1.807, 2.05) is 30.3 Å². The molecule has 29 heavy (non-hydrogen) atoms. The average molecular weight is 396 g/mol. The monoisotopic (exact) mass is 396 g/mol. The zero-order chi connectivity index (χ0) is 20.6. The molecule has 1 aliphatic heterocycles. The van der Waals surface area contributed by atoms with E-state index in [-0.39, 0.29) is 24.3 Å². The lowest BCUT2D eigenvalue weighted by atomic mass is 9.95. The molecular weight excluding hydrogens is 372 g/mol. The molecule has 152 valence electrons. The van der Waals surface area contributed by atoms with Crippen molar-refractivity contribution in [3.63, 3.8) is 0 Å². The number of carbonyl (C=O) groups excluding carboxylic acids is 3. The first-order chi connectivity index (χ1) is 14.1. The number of para-hydroxylation sites is 1. The molecule has 7 heteroatoms. The molecule has 1 N–H and O–H groups in total. The molecule has 1 fully saturated rings. The van der Waals surface area contributed by atoms with Gasteiger partial charge in [-0.25, -0.2) is 4.79 Å². The van der Waals surface area contributed by atoms with Gasteiger partial charge in [-0.15, -0.1) is 0 Å². The van der Waals surface area contributed by atoms with Crippen molar-refractivity contribution in [1.29, 1.82) is 0 Å². The number of anilines is 1.